The fourth-order valence-electron chi connectivity index (χ4n) is 2.66. The number of rotatable bonds is 5. The minimum Gasteiger partial charge on any atom is -0.320 e. The quantitative estimate of drug-likeness (QED) is 0.919. The zero-order valence-corrected chi connectivity index (χ0v) is 13.1. The number of benzene rings is 1. The molecule has 1 aliphatic carbocycles. The van der Waals surface area contributed by atoms with Crippen LogP contribution in [-0.2, 0) is 6.42 Å². The van der Waals surface area contributed by atoms with E-state index in [1.165, 1.54) is 6.42 Å². The van der Waals surface area contributed by atoms with Crippen molar-refractivity contribution in [2.24, 2.45) is 5.92 Å². The van der Waals surface area contributed by atoms with Crippen LogP contribution in [-0.4, -0.2) is 20.9 Å². The monoisotopic (exact) mass is 298 g/mol. The van der Waals surface area contributed by atoms with E-state index < -0.39 is 0 Å². The molecule has 0 saturated heterocycles. The number of nitrogens with zero attached hydrogens (tertiary/aromatic N) is 3. The van der Waals surface area contributed by atoms with Gasteiger partial charge < -0.3 is 5.32 Å². The lowest BCUT2D eigenvalue weighted by Crippen LogP contribution is -2.17. The Morgan fingerprint density at radius 1 is 1.36 bits per heavy atom. The Morgan fingerprint density at radius 2 is 2.14 bits per heavy atom. The lowest BCUT2D eigenvalue weighted by Gasteiger charge is -2.24. The van der Waals surface area contributed by atoms with Crippen LogP contribution in [0.2, 0.25) is 0 Å². The molecule has 0 spiro atoms. The molecule has 0 radical (unpaired) electrons. The van der Waals surface area contributed by atoms with Gasteiger partial charge >= 0.3 is 0 Å². The van der Waals surface area contributed by atoms with E-state index >= 15 is 0 Å². The zero-order chi connectivity index (χ0) is 15.5. The number of carbonyl (C=O) groups is 1. The second-order valence-electron chi connectivity index (χ2n) is 6.38. The molecule has 3 rings (SSSR count). The summed E-state index contributed by atoms with van der Waals surface area (Å²) >= 11 is 0. The maximum atomic E-state index is 12.4. The number of hydrogen-bond donors (Lipinski definition) is 1. The van der Waals surface area contributed by atoms with Crippen LogP contribution in [0, 0.1) is 5.92 Å². The minimum atomic E-state index is -0.193. The number of hydrogen-bond acceptors (Lipinski definition) is 3. The van der Waals surface area contributed by atoms with Crippen LogP contribution >= 0.6 is 0 Å². The fraction of sp³-hybridized carbons (Fsp3) is 0.471. The molecule has 0 unspecified atom stereocenters. The van der Waals surface area contributed by atoms with Gasteiger partial charge in [0.15, 0.2) is 5.69 Å². The molecule has 0 aliphatic heterocycles. The van der Waals surface area contributed by atoms with Crippen LogP contribution in [0.3, 0.4) is 0 Å². The maximum absolute atomic E-state index is 12.4. The van der Waals surface area contributed by atoms with Crippen LogP contribution in [0.5, 0.6) is 0 Å². The highest BCUT2D eigenvalue weighted by atomic mass is 16.2. The van der Waals surface area contributed by atoms with Crippen molar-refractivity contribution in [3.8, 4) is 0 Å². The average Bonchev–Trinajstić information content (AvgIpc) is 2.88. The summed E-state index contributed by atoms with van der Waals surface area (Å²) in [6.07, 6.45) is 6.17. The van der Waals surface area contributed by atoms with Gasteiger partial charge in [0.1, 0.15) is 0 Å². The molecule has 2 aromatic rings. The third-order valence-corrected chi connectivity index (χ3v) is 4.09. The molecule has 1 aromatic heterocycles. The third kappa shape index (κ3) is 3.18. The minimum absolute atomic E-state index is 0.193. The third-order valence-electron chi connectivity index (χ3n) is 4.09. The Balaban J connectivity index is 1.72. The highest BCUT2D eigenvalue weighted by Crippen LogP contribution is 2.30. The lowest BCUT2D eigenvalue weighted by atomic mass is 9.93. The lowest BCUT2D eigenvalue weighted by molar-refractivity contribution is 0.102. The Morgan fingerprint density at radius 3 is 2.82 bits per heavy atom. The maximum Gasteiger partial charge on any atom is 0.277 e. The van der Waals surface area contributed by atoms with Crippen LogP contribution in [0.1, 0.15) is 55.2 Å². The summed E-state index contributed by atoms with van der Waals surface area (Å²) in [4.78, 5) is 12.4. The van der Waals surface area contributed by atoms with Gasteiger partial charge in [0.25, 0.3) is 5.91 Å². The standard InChI is InChI=1S/C17H22N4O/c1-12(2)10-13-6-3-4-9-15(13)18-17(22)16-11-21(20-19-16)14-7-5-8-14/h3-4,6,9,11-12,14H,5,7-8,10H2,1-2H3,(H,18,22). The van der Waals surface area contributed by atoms with Gasteiger partial charge in [0, 0.05) is 5.69 Å². The molecule has 1 heterocycles. The fourth-order valence-corrected chi connectivity index (χ4v) is 2.66. The second-order valence-corrected chi connectivity index (χ2v) is 6.38. The highest BCUT2D eigenvalue weighted by Gasteiger charge is 2.22. The van der Waals surface area contributed by atoms with Crippen molar-refractivity contribution in [1.29, 1.82) is 0 Å². The van der Waals surface area contributed by atoms with Gasteiger partial charge in [-0.2, -0.15) is 0 Å². The number of nitrogens with one attached hydrogen (secondary N) is 1. The van der Waals surface area contributed by atoms with E-state index in [0.29, 0.717) is 17.7 Å². The van der Waals surface area contributed by atoms with E-state index in [1.807, 2.05) is 22.9 Å². The Kier molecular flexibility index (Phi) is 4.22. The molecule has 1 fully saturated rings. The molecule has 116 valence electrons. The molecule has 1 saturated carbocycles. The smallest absolute Gasteiger partial charge is 0.277 e. The first-order chi connectivity index (χ1) is 10.6. The molecule has 1 N–H and O–H groups in total. The van der Waals surface area contributed by atoms with Crippen molar-refractivity contribution < 1.29 is 4.79 Å². The van der Waals surface area contributed by atoms with Crippen LogP contribution in [0.15, 0.2) is 30.5 Å². The van der Waals surface area contributed by atoms with Gasteiger partial charge in [0.05, 0.1) is 12.2 Å². The normalized spacial score (nSPS) is 14.9. The van der Waals surface area contributed by atoms with Gasteiger partial charge in [-0.1, -0.05) is 37.3 Å². The second kappa shape index (κ2) is 6.30. The molecule has 0 atom stereocenters. The van der Waals surface area contributed by atoms with E-state index in [4.69, 9.17) is 0 Å². The number of amides is 1. The summed E-state index contributed by atoms with van der Waals surface area (Å²) in [6, 6.07) is 8.35. The van der Waals surface area contributed by atoms with Crippen molar-refractivity contribution in [3.63, 3.8) is 0 Å². The van der Waals surface area contributed by atoms with Crippen molar-refractivity contribution >= 4 is 11.6 Å². The molecule has 1 amide bonds. The van der Waals surface area contributed by atoms with E-state index in [2.05, 4.69) is 35.5 Å². The number of aromatic nitrogens is 3. The van der Waals surface area contributed by atoms with Gasteiger partial charge in [-0.15, -0.1) is 5.10 Å². The predicted molar refractivity (Wildman–Crippen MR) is 85.8 cm³/mol. The number of carbonyl (C=O) groups excluding carboxylic acids is 1. The first kappa shape index (κ1) is 14.8. The van der Waals surface area contributed by atoms with Gasteiger partial charge in [-0.25, -0.2) is 4.68 Å². The van der Waals surface area contributed by atoms with E-state index in [1.54, 1.807) is 6.20 Å². The van der Waals surface area contributed by atoms with Crippen molar-refractivity contribution in [3.05, 3.63) is 41.7 Å². The summed E-state index contributed by atoms with van der Waals surface area (Å²) in [5, 5.41) is 11.0. The van der Waals surface area contributed by atoms with Gasteiger partial charge in [-0.05, 0) is 43.2 Å². The van der Waals surface area contributed by atoms with Crippen LogP contribution < -0.4 is 5.32 Å². The molecular weight excluding hydrogens is 276 g/mol. The van der Waals surface area contributed by atoms with Crippen molar-refractivity contribution in [1.82, 2.24) is 15.0 Å². The molecular formula is C17H22N4O. The van der Waals surface area contributed by atoms with Gasteiger partial charge in [0.2, 0.25) is 0 Å². The molecule has 5 nitrogen and oxygen atoms in total. The summed E-state index contributed by atoms with van der Waals surface area (Å²) in [6.45, 7) is 4.34. The first-order valence-electron chi connectivity index (χ1n) is 7.94. The molecule has 1 aliphatic rings. The van der Waals surface area contributed by atoms with E-state index in [-0.39, 0.29) is 5.91 Å². The van der Waals surface area contributed by atoms with Crippen molar-refractivity contribution in [2.75, 3.05) is 5.32 Å². The summed E-state index contributed by atoms with van der Waals surface area (Å²) in [7, 11) is 0. The largest absolute Gasteiger partial charge is 0.320 e. The van der Waals surface area contributed by atoms with Crippen LogP contribution in [0.4, 0.5) is 5.69 Å². The van der Waals surface area contributed by atoms with E-state index in [0.717, 1.165) is 30.5 Å². The SMILES string of the molecule is CC(C)Cc1ccccc1NC(=O)c1cn(C2CCC2)nn1. The average molecular weight is 298 g/mol. The Hall–Kier alpha value is -2.17. The van der Waals surface area contributed by atoms with Gasteiger partial charge in [-0.3, -0.25) is 4.79 Å². The summed E-state index contributed by atoms with van der Waals surface area (Å²) < 4.78 is 1.82. The van der Waals surface area contributed by atoms with Crippen LogP contribution in [0.25, 0.3) is 0 Å². The number of anilines is 1. The van der Waals surface area contributed by atoms with E-state index in [9.17, 15) is 4.79 Å². The predicted octanol–water partition coefficient (Wildman–Crippen LogP) is 3.45. The topological polar surface area (TPSA) is 59.8 Å². The molecule has 1 aromatic carbocycles. The highest BCUT2D eigenvalue weighted by molar-refractivity contribution is 6.03. The Labute approximate surface area is 130 Å². The zero-order valence-electron chi connectivity index (χ0n) is 13.1. The van der Waals surface area contributed by atoms with Crippen molar-refractivity contribution in [2.45, 2.75) is 45.6 Å². The first-order valence-corrected chi connectivity index (χ1v) is 7.94. The molecule has 0 bridgehead atoms. The Bertz CT molecular complexity index is 658. The molecule has 5 heteroatoms. The molecule has 22 heavy (non-hydrogen) atoms. The number of para-hydroxylation sites is 1. The summed E-state index contributed by atoms with van der Waals surface area (Å²) in [5.41, 5.74) is 2.39. The summed E-state index contributed by atoms with van der Waals surface area (Å²) in [5.74, 6) is 0.347.